The van der Waals surface area contributed by atoms with E-state index in [1.54, 1.807) is 0 Å². The zero-order chi connectivity index (χ0) is 12.5. The molecule has 0 unspecified atom stereocenters. The highest BCUT2D eigenvalue weighted by Gasteiger charge is 2.44. The van der Waals surface area contributed by atoms with E-state index in [2.05, 4.69) is 17.5 Å². The molecule has 1 aromatic rings. The van der Waals surface area contributed by atoms with Gasteiger partial charge >= 0.3 is 0 Å². The van der Waals surface area contributed by atoms with Crippen molar-refractivity contribution in [3.63, 3.8) is 0 Å². The van der Waals surface area contributed by atoms with Gasteiger partial charge in [0.2, 0.25) is 5.91 Å². The average molecular weight is 228 g/mol. The number of carbonyl (C=O) groups excluding carboxylic acids is 1. The van der Waals surface area contributed by atoms with E-state index in [0.717, 1.165) is 23.2 Å². The molecular formula is C14H16N2O. The molecule has 1 amide bonds. The summed E-state index contributed by atoms with van der Waals surface area (Å²) in [6, 6.07) is 8.06. The van der Waals surface area contributed by atoms with Gasteiger partial charge in [0.15, 0.2) is 0 Å². The van der Waals surface area contributed by atoms with E-state index in [0.29, 0.717) is 12.8 Å². The molecule has 1 aliphatic rings. The predicted molar refractivity (Wildman–Crippen MR) is 66.4 cm³/mol. The lowest BCUT2D eigenvalue weighted by molar-refractivity contribution is -0.126. The van der Waals surface area contributed by atoms with E-state index < -0.39 is 5.41 Å². The number of nitrogens with one attached hydrogen (secondary N) is 1. The first-order valence-electron chi connectivity index (χ1n) is 5.87. The summed E-state index contributed by atoms with van der Waals surface area (Å²) in [6.07, 6.45) is 2.33. The van der Waals surface area contributed by atoms with E-state index in [1.807, 2.05) is 26.0 Å². The highest BCUT2D eigenvalue weighted by molar-refractivity contribution is 5.97. The van der Waals surface area contributed by atoms with Gasteiger partial charge in [0.1, 0.15) is 5.41 Å². The molecule has 3 heteroatoms. The number of nitrogens with zero attached hydrogens (tertiary/aromatic N) is 1. The SMILES string of the molecule is Cc1cc(C)cc(NC(=O)C2(C#N)CCC2)c1. The average Bonchev–Trinajstić information content (AvgIpc) is 2.14. The predicted octanol–water partition coefficient (Wildman–Crippen LogP) is 2.94. The fourth-order valence-corrected chi connectivity index (χ4v) is 2.22. The van der Waals surface area contributed by atoms with Crippen LogP contribution in [0.1, 0.15) is 30.4 Å². The second-order valence-electron chi connectivity index (χ2n) is 4.88. The molecule has 0 radical (unpaired) electrons. The molecular weight excluding hydrogens is 212 g/mol. The Bertz CT molecular complexity index is 475. The molecule has 0 bridgehead atoms. The van der Waals surface area contributed by atoms with Gasteiger partial charge in [-0.05, 0) is 56.4 Å². The quantitative estimate of drug-likeness (QED) is 0.846. The van der Waals surface area contributed by atoms with Crippen LogP contribution in [0.3, 0.4) is 0 Å². The van der Waals surface area contributed by atoms with Crippen LogP contribution in [0, 0.1) is 30.6 Å². The number of hydrogen-bond donors (Lipinski definition) is 1. The lowest BCUT2D eigenvalue weighted by atomic mass is 9.69. The summed E-state index contributed by atoms with van der Waals surface area (Å²) in [5.74, 6) is -0.156. The van der Waals surface area contributed by atoms with Crippen LogP contribution in [0.5, 0.6) is 0 Å². The van der Waals surface area contributed by atoms with Crippen LogP contribution in [-0.2, 0) is 4.79 Å². The third-order valence-corrected chi connectivity index (χ3v) is 3.34. The molecule has 0 spiro atoms. The molecule has 0 aliphatic heterocycles. The molecule has 0 heterocycles. The Hall–Kier alpha value is -1.82. The summed E-state index contributed by atoms with van der Waals surface area (Å²) in [5, 5.41) is 11.9. The van der Waals surface area contributed by atoms with Gasteiger partial charge in [0.05, 0.1) is 6.07 Å². The van der Waals surface area contributed by atoms with Gasteiger partial charge in [-0.3, -0.25) is 4.79 Å². The maximum atomic E-state index is 12.0. The van der Waals surface area contributed by atoms with Crippen molar-refractivity contribution < 1.29 is 4.79 Å². The van der Waals surface area contributed by atoms with Crippen molar-refractivity contribution in [2.75, 3.05) is 5.32 Å². The standard InChI is InChI=1S/C14H16N2O/c1-10-6-11(2)8-12(7-10)16-13(17)14(9-15)4-3-5-14/h6-8H,3-5H2,1-2H3,(H,16,17). The van der Waals surface area contributed by atoms with Crippen LogP contribution in [0.4, 0.5) is 5.69 Å². The van der Waals surface area contributed by atoms with Crippen molar-refractivity contribution in [3.05, 3.63) is 29.3 Å². The molecule has 1 saturated carbocycles. The molecule has 17 heavy (non-hydrogen) atoms. The Morgan fingerprint density at radius 2 is 1.88 bits per heavy atom. The number of rotatable bonds is 2. The molecule has 0 aromatic heterocycles. The minimum Gasteiger partial charge on any atom is -0.325 e. The number of aryl methyl sites for hydroxylation is 2. The van der Waals surface area contributed by atoms with Gasteiger partial charge in [0, 0.05) is 5.69 Å². The number of carbonyl (C=O) groups is 1. The molecule has 0 saturated heterocycles. The summed E-state index contributed by atoms with van der Waals surface area (Å²) >= 11 is 0. The number of amides is 1. The number of anilines is 1. The molecule has 88 valence electrons. The van der Waals surface area contributed by atoms with Crippen molar-refractivity contribution in [2.45, 2.75) is 33.1 Å². The summed E-state index contributed by atoms with van der Waals surface area (Å²) in [7, 11) is 0. The van der Waals surface area contributed by atoms with Gasteiger partial charge in [0.25, 0.3) is 0 Å². The minimum absolute atomic E-state index is 0.156. The first-order chi connectivity index (χ1) is 8.05. The van der Waals surface area contributed by atoms with E-state index in [1.165, 1.54) is 0 Å². The topological polar surface area (TPSA) is 52.9 Å². The van der Waals surface area contributed by atoms with Gasteiger partial charge in [-0.1, -0.05) is 6.07 Å². The zero-order valence-electron chi connectivity index (χ0n) is 10.2. The van der Waals surface area contributed by atoms with Crippen LogP contribution in [-0.4, -0.2) is 5.91 Å². The van der Waals surface area contributed by atoms with E-state index >= 15 is 0 Å². The third kappa shape index (κ3) is 2.16. The Balaban J connectivity index is 2.16. The smallest absolute Gasteiger partial charge is 0.244 e. The number of benzene rings is 1. The molecule has 1 N–H and O–H groups in total. The van der Waals surface area contributed by atoms with E-state index in [-0.39, 0.29) is 5.91 Å². The van der Waals surface area contributed by atoms with Gasteiger partial charge in [-0.15, -0.1) is 0 Å². The second-order valence-corrected chi connectivity index (χ2v) is 4.88. The Labute approximate surface area is 101 Å². The molecule has 1 aromatic carbocycles. The lowest BCUT2D eigenvalue weighted by Gasteiger charge is -2.33. The van der Waals surface area contributed by atoms with Gasteiger partial charge in [-0.25, -0.2) is 0 Å². The minimum atomic E-state index is -0.780. The third-order valence-electron chi connectivity index (χ3n) is 3.34. The van der Waals surface area contributed by atoms with Crippen LogP contribution in [0.2, 0.25) is 0 Å². The van der Waals surface area contributed by atoms with Crippen molar-refractivity contribution in [3.8, 4) is 6.07 Å². The first-order valence-corrected chi connectivity index (χ1v) is 5.87. The summed E-state index contributed by atoms with van der Waals surface area (Å²) < 4.78 is 0. The van der Waals surface area contributed by atoms with Crippen LogP contribution in [0.15, 0.2) is 18.2 Å². The molecule has 1 fully saturated rings. The van der Waals surface area contributed by atoms with Crippen molar-refractivity contribution in [1.29, 1.82) is 5.26 Å². The summed E-state index contributed by atoms with van der Waals surface area (Å²) in [4.78, 5) is 12.0. The second kappa shape index (κ2) is 4.21. The monoisotopic (exact) mass is 228 g/mol. The maximum Gasteiger partial charge on any atom is 0.244 e. The van der Waals surface area contributed by atoms with Crippen LogP contribution >= 0.6 is 0 Å². The Morgan fingerprint density at radius 3 is 2.29 bits per heavy atom. The van der Waals surface area contributed by atoms with Crippen molar-refractivity contribution in [2.24, 2.45) is 5.41 Å². The fourth-order valence-electron chi connectivity index (χ4n) is 2.22. The molecule has 3 nitrogen and oxygen atoms in total. The zero-order valence-corrected chi connectivity index (χ0v) is 10.2. The maximum absolute atomic E-state index is 12.0. The Kier molecular flexibility index (Phi) is 2.89. The highest BCUT2D eigenvalue weighted by atomic mass is 16.2. The van der Waals surface area contributed by atoms with Crippen molar-refractivity contribution in [1.82, 2.24) is 0 Å². The molecule has 2 rings (SSSR count). The fraction of sp³-hybridized carbons (Fsp3) is 0.429. The lowest BCUT2D eigenvalue weighted by Crippen LogP contribution is -2.40. The molecule has 0 atom stereocenters. The van der Waals surface area contributed by atoms with Gasteiger partial charge < -0.3 is 5.32 Å². The normalized spacial score (nSPS) is 16.8. The molecule has 1 aliphatic carbocycles. The summed E-state index contributed by atoms with van der Waals surface area (Å²) in [6.45, 7) is 3.98. The first kappa shape index (κ1) is 11.7. The Morgan fingerprint density at radius 1 is 1.29 bits per heavy atom. The van der Waals surface area contributed by atoms with Crippen LogP contribution < -0.4 is 5.32 Å². The van der Waals surface area contributed by atoms with Crippen molar-refractivity contribution >= 4 is 11.6 Å². The number of hydrogen-bond acceptors (Lipinski definition) is 2. The van der Waals surface area contributed by atoms with E-state index in [9.17, 15) is 4.79 Å². The largest absolute Gasteiger partial charge is 0.325 e. The van der Waals surface area contributed by atoms with Crippen LogP contribution in [0.25, 0.3) is 0 Å². The number of nitriles is 1. The summed E-state index contributed by atoms with van der Waals surface area (Å²) in [5.41, 5.74) is 2.23. The highest BCUT2D eigenvalue weighted by Crippen LogP contribution is 2.41. The van der Waals surface area contributed by atoms with E-state index in [4.69, 9.17) is 5.26 Å². The van der Waals surface area contributed by atoms with Gasteiger partial charge in [-0.2, -0.15) is 5.26 Å².